The minimum Gasteiger partial charge on any atom is -0.358 e. The minimum absolute atomic E-state index is 0.199. The van der Waals surface area contributed by atoms with Crippen LogP contribution in [0.15, 0.2) is 30.7 Å². The number of nitrogens with one attached hydrogen (secondary N) is 1. The second-order valence-electron chi connectivity index (χ2n) is 4.06. The van der Waals surface area contributed by atoms with E-state index < -0.39 is 4.92 Å². The molecule has 18 heavy (non-hydrogen) atoms. The zero-order valence-electron chi connectivity index (χ0n) is 10.1. The molecule has 0 amide bonds. The molecule has 0 saturated carbocycles. The van der Waals surface area contributed by atoms with Crippen molar-refractivity contribution in [1.82, 2.24) is 14.8 Å². The molecule has 0 spiro atoms. The highest BCUT2D eigenvalue weighted by Gasteiger charge is 2.14. The van der Waals surface area contributed by atoms with Crippen LogP contribution in [0.1, 0.15) is 19.9 Å². The molecule has 0 aliphatic rings. The van der Waals surface area contributed by atoms with Gasteiger partial charge in [-0.05, 0) is 35.9 Å². The Morgan fingerprint density at radius 2 is 2.28 bits per heavy atom. The third-order valence-corrected chi connectivity index (χ3v) is 2.37. The Hall–Kier alpha value is -2.44. The summed E-state index contributed by atoms with van der Waals surface area (Å²) in [6, 6.07) is 3.49. The standard InChI is InChI=1S/C11H13N5O2/c1-8(2)15-7-9(6-13-15)14-10-4-3-5-12-11(10)16(17)18/h3-8,14H,1-2H3. The fourth-order valence-corrected chi connectivity index (χ4v) is 1.48. The summed E-state index contributed by atoms with van der Waals surface area (Å²) in [6.07, 6.45) is 4.80. The van der Waals surface area contributed by atoms with E-state index in [1.54, 1.807) is 29.2 Å². The highest BCUT2D eigenvalue weighted by molar-refractivity contribution is 5.65. The molecular weight excluding hydrogens is 234 g/mol. The van der Waals surface area contributed by atoms with Crippen molar-refractivity contribution in [3.8, 4) is 0 Å². The largest absolute Gasteiger partial charge is 0.387 e. The average molecular weight is 247 g/mol. The molecule has 0 aliphatic heterocycles. The average Bonchev–Trinajstić information content (AvgIpc) is 2.78. The second-order valence-corrected chi connectivity index (χ2v) is 4.06. The van der Waals surface area contributed by atoms with Crippen LogP contribution < -0.4 is 5.32 Å². The lowest BCUT2D eigenvalue weighted by atomic mass is 10.3. The third kappa shape index (κ3) is 2.45. The van der Waals surface area contributed by atoms with E-state index in [-0.39, 0.29) is 11.9 Å². The Bertz CT molecular complexity index is 564. The van der Waals surface area contributed by atoms with Crippen LogP contribution in [-0.4, -0.2) is 19.7 Å². The van der Waals surface area contributed by atoms with E-state index in [1.807, 2.05) is 13.8 Å². The van der Waals surface area contributed by atoms with Crippen LogP contribution >= 0.6 is 0 Å². The van der Waals surface area contributed by atoms with Gasteiger partial charge in [0, 0.05) is 12.2 Å². The summed E-state index contributed by atoms with van der Waals surface area (Å²) < 4.78 is 1.77. The second kappa shape index (κ2) is 4.82. The topological polar surface area (TPSA) is 85.9 Å². The first-order valence-corrected chi connectivity index (χ1v) is 5.48. The normalized spacial score (nSPS) is 10.6. The highest BCUT2D eigenvalue weighted by atomic mass is 16.6. The Morgan fingerprint density at radius 3 is 2.89 bits per heavy atom. The van der Waals surface area contributed by atoms with Crippen LogP contribution in [0.3, 0.4) is 0 Å². The van der Waals surface area contributed by atoms with Crippen molar-refractivity contribution >= 4 is 17.2 Å². The SMILES string of the molecule is CC(C)n1cc(Nc2cccnc2[N+](=O)[O-])cn1. The molecule has 7 heteroatoms. The van der Waals surface area contributed by atoms with E-state index in [4.69, 9.17) is 0 Å². The number of anilines is 2. The van der Waals surface area contributed by atoms with Gasteiger partial charge >= 0.3 is 5.82 Å². The number of rotatable bonds is 4. The highest BCUT2D eigenvalue weighted by Crippen LogP contribution is 2.24. The lowest BCUT2D eigenvalue weighted by Gasteiger charge is -2.04. The fraction of sp³-hybridized carbons (Fsp3) is 0.273. The van der Waals surface area contributed by atoms with E-state index in [0.717, 1.165) is 0 Å². The first-order valence-electron chi connectivity index (χ1n) is 5.48. The Balaban J connectivity index is 2.25. The molecule has 0 atom stereocenters. The van der Waals surface area contributed by atoms with Crippen molar-refractivity contribution in [3.05, 3.63) is 40.8 Å². The summed E-state index contributed by atoms with van der Waals surface area (Å²) in [4.78, 5) is 14.0. The molecule has 0 saturated heterocycles. The third-order valence-electron chi connectivity index (χ3n) is 2.37. The molecular formula is C11H13N5O2. The maximum atomic E-state index is 10.8. The Morgan fingerprint density at radius 1 is 1.50 bits per heavy atom. The molecule has 94 valence electrons. The van der Waals surface area contributed by atoms with Crippen molar-refractivity contribution in [1.29, 1.82) is 0 Å². The van der Waals surface area contributed by atoms with E-state index in [0.29, 0.717) is 11.4 Å². The predicted molar refractivity (Wildman–Crippen MR) is 66.8 cm³/mol. The molecule has 0 aliphatic carbocycles. The minimum atomic E-state index is -0.519. The smallest absolute Gasteiger partial charge is 0.358 e. The van der Waals surface area contributed by atoms with Gasteiger partial charge in [-0.15, -0.1) is 0 Å². The maximum Gasteiger partial charge on any atom is 0.387 e. The zero-order chi connectivity index (χ0) is 13.1. The number of nitro groups is 1. The first kappa shape index (κ1) is 12.0. The summed E-state index contributed by atoms with van der Waals surface area (Å²) in [7, 11) is 0. The van der Waals surface area contributed by atoms with Gasteiger partial charge in [0.15, 0.2) is 0 Å². The van der Waals surface area contributed by atoms with Crippen LogP contribution in [0.4, 0.5) is 17.2 Å². The van der Waals surface area contributed by atoms with Crippen LogP contribution in [0, 0.1) is 10.1 Å². The van der Waals surface area contributed by atoms with Crippen LogP contribution in [0.5, 0.6) is 0 Å². The summed E-state index contributed by atoms with van der Waals surface area (Å²) in [5.74, 6) is -0.199. The van der Waals surface area contributed by atoms with Gasteiger partial charge in [-0.3, -0.25) is 4.68 Å². The number of pyridine rings is 1. The first-order chi connectivity index (χ1) is 8.58. The summed E-state index contributed by atoms with van der Waals surface area (Å²) in [5.41, 5.74) is 1.05. The van der Waals surface area contributed by atoms with E-state index >= 15 is 0 Å². The Labute approximate surface area is 104 Å². The van der Waals surface area contributed by atoms with Gasteiger partial charge in [0.2, 0.25) is 0 Å². The molecule has 0 unspecified atom stereocenters. The molecule has 2 aromatic heterocycles. The quantitative estimate of drug-likeness (QED) is 0.662. The fourth-order valence-electron chi connectivity index (χ4n) is 1.48. The summed E-state index contributed by atoms with van der Waals surface area (Å²) in [5, 5.41) is 17.9. The molecule has 0 bridgehead atoms. The van der Waals surface area contributed by atoms with E-state index in [9.17, 15) is 10.1 Å². The molecule has 0 radical (unpaired) electrons. The number of hydrogen-bond acceptors (Lipinski definition) is 5. The number of hydrogen-bond donors (Lipinski definition) is 1. The lowest BCUT2D eigenvalue weighted by Crippen LogP contribution is -2.00. The van der Waals surface area contributed by atoms with Crippen LogP contribution in [0.2, 0.25) is 0 Å². The zero-order valence-corrected chi connectivity index (χ0v) is 10.1. The summed E-state index contributed by atoms with van der Waals surface area (Å²) in [6.45, 7) is 4.01. The number of aromatic nitrogens is 3. The van der Waals surface area contributed by atoms with Gasteiger partial charge < -0.3 is 15.4 Å². The molecule has 7 nitrogen and oxygen atoms in total. The van der Waals surface area contributed by atoms with Crippen molar-refractivity contribution < 1.29 is 4.92 Å². The van der Waals surface area contributed by atoms with Gasteiger partial charge in [-0.2, -0.15) is 5.10 Å². The predicted octanol–water partition coefficient (Wildman–Crippen LogP) is 2.51. The van der Waals surface area contributed by atoms with Crippen molar-refractivity contribution in [3.63, 3.8) is 0 Å². The molecule has 2 heterocycles. The van der Waals surface area contributed by atoms with Crippen LogP contribution in [0.25, 0.3) is 0 Å². The van der Waals surface area contributed by atoms with Crippen molar-refractivity contribution in [2.45, 2.75) is 19.9 Å². The van der Waals surface area contributed by atoms with Gasteiger partial charge in [0.25, 0.3) is 0 Å². The van der Waals surface area contributed by atoms with Crippen molar-refractivity contribution in [2.75, 3.05) is 5.32 Å². The van der Waals surface area contributed by atoms with E-state index in [2.05, 4.69) is 15.4 Å². The molecule has 1 N–H and O–H groups in total. The van der Waals surface area contributed by atoms with Gasteiger partial charge in [-0.25, -0.2) is 0 Å². The molecule has 0 fully saturated rings. The van der Waals surface area contributed by atoms with Gasteiger partial charge in [0.1, 0.15) is 11.9 Å². The maximum absolute atomic E-state index is 10.8. The molecule has 0 aromatic carbocycles. The Kier molecular flexibility index (Phi) is 3.22. The van der Waals surface area contributed by atoms with Crippen molar-refractivity contribution in [2.24, 2.45) is 0 Å². The number of nitrogens with zero attached hydrogens (tertiary/aromatic N) is 4. The van der Waals surface area contributed by atoms with E-state index in [1.165, 1.54) is 6.20 Å². The lowest BCUT2D eigenvalue weighted by molar-refractivity contribution is -0.388. The molecule has 2 aromatic rings. The molecule has 2 rings (SSSR count). The van der Waals surface area contributed by atoms with Gasteiger partial charge in [-0.1, -0.05) is 0 Å². The van der Waals surface area contributed by atoms with Crippen LogP contribution in [-0.2, 0) is 0 Å². The van der Waals surface area contributed by atoms with Gasteiger partial charge in [0.05, 0.1) is 11.9 Å². The monoisotopic (exact) mass is 247 g/mol. The summed E-state index contributed by atoms with van der Waals surface area (Å²) >= 11 is 0.